The van der Waals surface area contributed by atoms with Crippen LogP contribution < -0.4 is 4.90 Å². The molecule has 1 aliphatic rings. The highest BCUT2D eigenvalue weighted by Gasteiger charge is 2.15. The molecule has 104 valence electrons. The van der Waals surface area contributed by atoms with Crippen molar-refractivity contribution in [3.8, 4) is 0 Å². The van der Waals surface area contributed by atoms with Crippen LogP contribution in [0.15, 0.2) is 24.3 Å². The van der Waals surface area contributed by atoms with Crippen LogP contribution >= 0.6 is 0 Å². The van der Waals surface area contributed by atoms with E-state index in [4.69, 9.17) is 10.2 Å². The topological polar surface area (TPSA) is 64.0 Å². The number of nitrogens with zero attached hydrogens (tertiary/aromatic N) is 2. The quantitative estimate of drug-likeness (QED) is 0.845. The Morgan fingerprint density at radius 2 is 1.84 bits per heavy atom. The van der Waals surface area contributed by atoms with E-state index in [9.17, 15) is 4.79 Å². The molecule has 0 unspecified atom stereocenters. The summed E-state index contributed by atoms with van der Waals surface area (Å²) < 4.78 is 0. The molecule has 0 spiro atoms. The second-order valence-electron chi connectivity index (χ2n) is 4.76. The first-order chi connectivity index (χ1) is 9.20. The van der Waals surface area contributed by atoms with E-state index in [0.29, 0.717) is 5.56 Å². The highest BCUT2D eigenvalue weighted by Crippen LogP contribution is 2.17. The van der Waals surface area contributed by atoms with E-state index in [1.807, 2.05) is 12.1 Å². The average molecular weight is 264 g/mol. The third-order valence-electron chi connectivity index (χ3n) is 3.48. The number of rotatable bonds is 4. The van der Waals surface area contributed by atoms with Crippen LogP contribution in [0.2, 0.25) is 0 Å². The fourth-order valence-corrected chi connectivity index (χ4v) is 2.41. The first kappa shape index (κ1) is 13.8. The van der Waals surface area contributed by atoms with Crippen LogP contribution in [0.1, 0.15) is 16.8 Å². The maximum Gasteiger partial charge on any atom is 0.335 e. The maximum absolute atomic E-state index is 10.8. The number of aliphatic hydroxyl groups is 1. The highest BCUT2D eigenvalue weighted by atomic mass is 16.4. The van der Waals surface area contributed by atoms with E-state index >= 15 is 0 Å². The van der Waals surface area contributed by atoms with E-state index in [1.54, 1.807) is 12.1 Å². The summed E-state index contributed by atoms with van der Waals surface area (Å²) >= 11 is 0. The van der Waals surface area contributed by atoms with Crippen LogP contribution in [0.5, 0.6) is 0 Å². The molecule has 1 heterocycles. The number of β-amino-alcohol motifs (C(OH)–C–C–N with tert-alkyl or cyclic N) is 1. The van der Waals surface area contributed by atoms with E-state index in [2.05, 4.69) is 9.80 Å². The van der Waals surface area contributed by atoms with Gasteiger partial charge in [-0.15, -0.1) is 0 Å². The molecule has 2 N–H and O–H groups in total. The monoisotopic (exact) mass is 264 g/mol. The van der Waals surface area contributed by atoms with Gasteiger partial charge in [-0.2, -0.15) is 0 Å². The Balaban J connectivity index is 1.99. The van der Waals surface area contributed by atoms with Gasteiger partial charge in [-0.25, -0.2) is 4.79 Å². The van der Waals surface area contributed by atoms with Crippen molar-refractivity contribution in [3.63, 3.8) is 0 Å². The fraction of sp³-hybridized carbons (Fsp3) is 0.500. The van der Waals surface area contributed by atoms with E-state index < -0.39 is 5.97 Å². The summed E-state index contributed by atoms with van der Waals surface area (Å²) in [4.78, 5) is 15.3. The van der Waals surface area contributed by atoms with Gasteiger partial charge in [-0.05, 0) is 37.2 Å². The summed E-state index contributed by atoms with van der Waals surface area (Å²) in [6.07, 6.45) is 1.06. The molecular weight excluding hydrogens is 244 g/mol. The Morgan fingerprint density at radius 3 is 2.47 bits per heavy atom. The van der Waals surface area contributed by atoms with Gasteiger partial charge in [0.25, 0.3) is 0 Å². The molecule has 1 aromatic carbocycles. The largest absolute Gasteiger partial charge is 0.478 e. The molecule has 1 aliphatic heterocycles. The van der Waals surface area contributed by atoms with Crippen molar-refractivity contribution in [3.05, 3.63) is 29.8 Å². The fourth-order valence-electron chi connectivity index (χ4n) is 2.41. The lowest BCUT2D eigenvalue weighted by Gasteiger charge is -2.23. The minimum absolute atomic E-state index is 0.202. The van der Waals surface area contributed by atoms with Gasteiger partial charge in [0, 0.05) is 31.9 Å². The Labute approximate surface area is 113 Å². The first-order valence-electron chi connectivity index (χ1n) is 6.62. The third kappa shape index (κ3) is 3.68. The molecule has 0 aliphatic carbocycles. The third-order valence-corrected chi connectivity index (χ3v) is 3.48. The normalized spacial score (nSPS) is 17.2. The van der Waals surface area contributed by atoms with Gasteiger partial charge < -0.3 is 15.1 Å². The van der Waals surface area contributed by atoms with Crippen molar-refractivity contribution in [1.82, 2.24) is 4.90 Å². The minimum Gasteiger partial charge on any atom is -0.478 e. The molecule has 0 amide bonds. The number of carbonyl (C=O) groups is 1. The van der Waals surface area contributed by atoms with Gasteiger partial charge in [-0.3, -0.25) is 4.90 Å². The second kappa shape index (κ2) is 6.54. The molecule has 5 heteroatoms. The van der Waals surface area contributed by atoms with Gasteiger partial charge in [0.05, 0.1) is 12.2 Å². The van der Waals surface area contributed by atoms with Gasteiger partial charge in [0.1, 0.15) is 0 Å². The summed E-state index contributed by atoms with van der Waals surface area (Å²) in [7, 11) is 0. The first-order valence-corrected chi connectivity index (χ1v) is 6.62. The minimum atomic E-state index is -0.892. The standard InChI is InChI=1S/C14H20N2O3/c17-11-10-15-6-1-7-16(9-8-15)13-4-2-12(3-5-13)14(18)19/h2-5,17H,1,6-11H2,(H,18,19). The molecular formula is C14H20N2O3. The Morgan fingerprint density at radius 1 is 1.11 bits per heavy atom. The van der Waals surface area contributed by atoms with Crippen molar-refractivity contribution in [2.45, 2.75) is 6.42 Å². The smallest absolute Gasteiger partial charge is 0.335 e. The van der Waals surface area contributed by atoms with Gasteiger partial charge >= 0.3 is 5.97 Å². The number of aliphatic hydroxyl groups excluding tert-OH is 1. The zero-order chi connectivity index (χ0) is 13.7. The van der Waals surface area contributed by atoms with E-state index in [-0.39, 0.29) is 6.61 Å². The molecule has 0 saturated carbocycles. The summed E-state index contributed by atoms with van der Waals surface area (Å²) in [6.45, 7) is 4.74. The molecule has 1 fully saturated rings. The Hall–Kier alpha value is -1.59. The van der Waals surface area contributed by atoms with Gasteiger partial charge in [0.2, 0.25) is 0 Å². The molecule has 1 aromatic rings. The summed E-state index contributed by atoms with van der Waals surface area (Å²) in [5.41, 5.74) is 1.39. The lowest BCUT2D eigenvalue weighted by molar-refractivity contribution is 0.0697. The number of aromatic carboxylic acids is 1. The molecule has 5 nitrogen and oxygen atoms in total. The lowest BCUT2D eigenvalue weighted by Crippen LogP contribution is -2.32. The van der Waals surface area contributed by atoms with Crippen molar-refractivity contribution < 1.29 is 15.0 Å². The van der Waals surface area contributed by atoms with Crippen LogP contribution in [-0.4, -0.2) is 60.4 Å². The molecule has 2 rings (SSSR count). The second-order valence-corrected chi connectivity index (χ2v) is 4.76. The predicted molar refractivity (Wildman–Crippen MR) is 73.8 cm³/mol. The molecule has 19 heavy (non-hydrogen) atoms. The number of anilines is 1. The maximum atomic E-state index is 10.8. The molecule has 0 atom stereocenters. The number of hydrogen-bond donors (Lipinski definition) is 2. The van der Waals surface area contributed by atoms with Crippen LogP contribution in [0.4, 0.5) is 5.69 Å². The Kier molecular flexibility index (Phi) is 4.76. The van der Waals surface area contributed by atoms with Crippen molar-refractivity contribution in [2.24, 2.45) is 0 Å². The molecule has 0 bridgehead atoms. The lowest BCUT2D eigenvalue weighted by atomic mass is 10.2. The average Bonchev–Trinajstić information content (AvgIpc) is 2.65. The van der Waals surface area contributed by atoms with Crippen molar-refractivity contribution in [2.75, 3.05) is 44.2 Å². The summed E-state index contributed by atoms with van der Waals surface area (Å²) in [5, 5.41) is 17.8. The summed E-state index contributed by atoms with van der Waals surface area (Å²) in [5.74, 6) is -0.892. The molecule has 0 aromatic heterocycles. The van der Waals surface area contributed by atoms with Crippen molar-refractivity contribution >= 4 is 11.7 Å². The van der Waals surface area contributed by atoms with Gasteiger partial charge in [-0.1, -0.05) is 0 Å². The zero-order valence-corrected chi connectivity index (χ0v) is 11.0. The van der Waals surface area contributed by atoms with Crippen molar-refractivity contribution in [1.29, 1.82) is 0 Å². The van der Waals surface area contributed by atoms with Crippen LogP contribution in [0.3, 0.4) is 0 Å². The number of carboxylic acid groups (broad SMARTS) is 1. The van der Waals surface area contributed by atoms with E-state index in [0.717, 1.165) is 44.8 Å². The number of benzene rings is 1. The summed E-state index contributed by atoms with van der Waals surface area (Å²) in [6, 6.07) is 7.03. The Bertz CT molecular complexity index is 419. The highest BCUT2D eigenvalue weighted by molar-refractivity contribution is 5.88. The van der Waals surface area contributed by atoms with Crippen LogP contribution in [-0.2, 0) is 0 Å². The molecule has 1 saturated heterocycles. The van der Waals surface area contributed by atoms with Crippen LogP contribution in [0, 0.1) is 0 Å². The number of carboxylic acids is 1. The van der Waals surface area contributed by atoms with Gasteiger partial charge in [0.15, 0.2) is 0 Å². The van der Waals surface area contributed by atoms with E-state index in [1.165, 1.54) is 0 Å². The van der Waals surface area contributed by atoms with Crippen LogP contribution in [0.25, 0.3) is 0 Å². The molecule has 0 radical (unpaired) electrons. The zero-order valence-electron chi connectivity index (χ0n) is 11.0. The number of hydrogen-bond acceptors (Lipinski definition) is 4. The SMILES string of the molecule is O=C(O)c1ccc(N2CCCN(CCO)CC2)cc1. The predicted octanol–water partition coefficient (Wildman–Crippen LogP) is 0.889.